The van der Waals surface area contributed by atoms with Crippen LogP contribution in [0.1, 0.15) is 17.2 Å². The Morgan fingerprint density at radius 3 is 2.69 bits per heavy atom. The molecule has 1 aromatic carbocycles. The van der Waals surface area contributed by atoms with E-state index in [9.17, 15) is 4.79 Å². The molecule has 0 radical (unpaired) electrons. The molecule has 84 valence electrons. The fourth-order valence-electron chi connectivity index (χ4n) is 1.64. The molecule has 0 saturated carbocycles. The fraction of sp³-hybridized carbons (Fsp3) is 0.333. The van der Waals surface area contributed by atoms with Gasteiger partial charge in [-0.25, -0.2) is 9.79 Å². The van der Waals surface area contributed by atoms with Crippen LogP contribution in [0.25, 0.3) is 0 Å². The largest absolute Gasteiger partial charge is 0.473 e. The molecule has 16 heavy (non-hydrogen) atoms. The number of aryl methyl sites for hydroxylation is 1. The Balaban J connectivity index is 2.21. The van der Waals surface area contributed by atoms with E-state index in [1.165, 1.54) is 13.5 Å². The van der Waals surface area contributed by atoms with E-state index in [0.29, 0.717) is 0 Å². The van der Waals surface area contributed by atoms with E-state index in [0.717, 1.165) is 11.1 Å². The smallest absolute Gasteiger partial charge is 0.334 e. The SMILES string of the molecule is COC(=O)[C@@H]1N=CO[C@@H]1c1ccc(C)cc1. The van der Waals surface area contributed by atoms with Crippen molar-refractivity contribution in [3.63, 3.8) is 0 Å². The minimum Gasteiger partial charge on any atom is -0.473 e. The number of carbonyl (C=O) groups is 1. The van der Waals surface area contributed by atoms with Gasteiger partial charge in [-0.2, -0.15) is 0 Å². The average Bonchev–Trinajstić information content (AvgIpc) is 2.78. The highest BCUT2D eigenvalue weighted by molar-refractivity contribution is 5.80. The minimum atomic E-state index is -0.590. The first-order chi connectivity index (χ1) is 7.72. The van der Waals surface area contributed by atoms with Crippen molar-refractivity contribution < 1.29 is 14.3 Å². The van der Waals surface area contributed by atoms with E-state index in [4.69, 9.17) is 4.74 Å². The predicted octanol–water partition coefficient (Wildman–Crippen LogP) is 1.64. The highest BCUT2D eigenvalue weighted by Gasteiger charge is 2.34. The molecule has 0 bridgehead atoms. The molecule has 0 saturated heterocycles. The van der Waals surface area contributed by atoms with Crippen molar-refractivity contribution in [2.45, 2.75) is 19.1 Å². The summed E-state index contributed by atoms with van der Waals surface area (Å²) in [4.78, 5) is 15.4. The zero-order valence-corrected chi connectivity index (χ0v) is 9.21. The van der Waals surface area contributed by atoms with Crippen molar-refractivity contribution in [1.29, 1.82) is 0 Å². The van der Waals surface area contributed by atoms with Crippen LogP contribution in [-0.2, 0) is 14.3 Å². The number of ether oxygens (including phenoxy) is 2. The van der Waals surface area contributed by atoms with E-state index in [2.05, 4.69) is 9.73 Å². The van der Waals surface area contributed by atoms with Crippen LogP contribution in [0.3, 0.4) is 0 Å². The van der Waals surface area contributed by atoms with Gasteiger partial charge in [-0.15, -0.1) is 0 Å². The highest BCUT2D eigenvalue weighted by Crippen LogP contribution is 2.27. The summed E-state index contributed by atoms with van der Waals surface area (Å²) in [5.74, 6) is -0.376. The van der Waals surface area contributed by atoms with Crippen LogP contribution in [0.5, 0.6) is 0 Å². The van der Waals surface area contributed by atoms with Crippen molar-refractivity contribution in [1.82, 2.24) is 0 Å². The minimum absolute atomic E-state index is 0.368. The molecule has 0 amide bonds. The summed E-state index contributed by atoms with van der Waals surface area (Å²) in [7, 11) is 1.35. The molecule has 0 spiro atoms. The van der Waals surface area contributed by atoms with Crippen molar-refractivity contribution in [2.24, 2.45) is 4.99 Å². The second-order valence-electron chi connectivity index (χ2n) is 3.69. The molecule has 4 nitrogen and oxygen atoms in total. The summed E-state index contributed by atoms with van der Waals surface area (Å²) in [6.07, 6.45) is 0.944. The molecule has 1 heterocycles. The Morgan fingerprint density at radius 2 is 2.06 bits per heavy atom. The first kappa shape index (κ1) is 10.7. The molecule has 2 rings (SSSR count). The standard InChI is InChI=1S/C12H13NO3/c1-8-3-5-9(6-4-8)11-10(12(14)15-2)13-7-16-11/h3-7,10-11H,1-2H3/t10-,11-/m1/s1. The summed E-state index contributed by atoms with van der Waals surface area (Å²) in [6.45, 7) is 2.01. The number of benzene rings is 1. The Hall–Kier alpha value is -1.84. The molecule has 1 aromatic rings. The predicted molar refractivity (Wildman–Crippen MR) is 59.3 cm³/mol. The number of nitrogens with zero attached hydrogens (tertiary/aromatic N) is 1. The van der Waals surface area contributed by atoms with Gasteiger partial charge in [0, 0.05) is 0 Å². The molecular weight excluding hydrogens is 206 g/mol. The maximum atomic E-state index is 11.4. The molecule has 0 aliphatic carbocycles. The molecule has 0 unspecified atom stereocenters. The van der Waals surface area contributed by atoms with E-state index >= 15 is 0 Å². The van der Waals surface area contributed by atoms with Crippen molar-refractivity contribution in [3.05, 3.63) is 35.4 Å². The Morgan fingerprint density at radius 1 is 1.38 bits per heavy atom. The molecular formula is C12H13NO3. The average molecular weight is 219 g/mol. The van der Waals surface area contributed by atoms with Crippen LogP contribution in [0.2, 0.25) is 0 Å². The fourth-order valence-corrected chi connectivity index (χ4v) is 1.64. The van der Waals surface area contributed by atoms with Crippen molar-refractivity contribution in [3.8, 4) is 0 Å². The van der Waals surface area contributed by atoms with Crippen LogP contribution in [0.4, 0.5) is 0 Å². The zero-order valence-electron chi connectivity index (χ0n) is 9.21. The van der Waals surface area contributed by atoms with Gasteiger partial charge in [0.15, 0.2) is 18.5 Å². The van der Waals surface area contributed by atoms with Gasteiger partial charge in [0.1, 0.15) is 0 Å². The quantitative estimate of drug-likeness (QED) is 0.710. The summed E-state index contributed by atoms with van der Waals surface area (Å²) >= 11 is 0. The van der Waals surface area contributed by atoms with Gasteiger partial charge < -0.3 is 9.47 Å². The molecule has 2 atom stereocenters. The lowest BCUT2D eigenvalue weighted by Crippen LogP contribution is -2.25. The third-order valence-corrected chi connectivity index (χ3v) is 2.56. The van der Waals surface area contributed by atoms with E-state index < -0.39 is 6.04 Å². The zero-order chi connectivity index (χ0) is 11.5. The number of hydrogen-bond acceptors (Lipinski definition) is 4. The van der Waals surface area contributed by atoms with E-state index in [1.54, 1.807) is 0 Å². The highest BCUT2D eigenvalue weighted by atomic mass is 16.5. The van der Waals surface area contributed by atoms with Gasteiger partial charge in [-0.05, 0) is 12.5 Å². The van der Waals surface area contributed by atoms with E-state index in [1.807, 2.05) is 31.2 Å². The van der Waals surface area contributed by atoms with Crippen LogP contribution in [0, 0.1) is 6.92 Å². The summed E-state index contributed by atoms with van der Waals surface area (Å²) in [6, 6.07) is 7.24. The van der Waals surface area contributed by atoms with Gasteiger partial charge in [0.25, 0.3) is 0 Å². The maximum Gasteiger partial charge on any atom is 0.334 e. The van der Waals surface area contributed by atoms with Crippen LogP contribution >= 0.6 is 0 Å². The third-order valence-electron chi connectivity index (χ3n) is 2.56. The summed E-state index contributed by atoms with van der Waals surface area (Å²) in [5.41, 5.74) is 2.09. The third kappa shape index (κ3) is 1.91. The maximum absolute atomic E-state index is 11.4. The lowest BCUT2D eigenvalue weighted by atomic mass is 10.0. The Labute approximate surface area is 93.9 Å². The normalized spacial score (nSPS) is 22.9. The number of rotatable bonds is 2. The monoisotopic (exact) mass is 219 g/mol. The lowest BCUT2D eigenvalue weighted by Gasteiger charge is -2.15. The van der Waals surface area contributed by atoms with E-state index in [-0.39, 0.29) is 12.1 Å². The second-order valence-corrected chi connectivity index (χ2v) is 3.69. The topological polar surface area (TPSA) is 47.9 Å². The number of carbonyl (C=O) groups excluding carboxylic acids is 1. The van der Waals surface area contributed by atoms with Crippen LogP contribution < -0.4 is 0 Å². The number of methoxy groups -OCH3 is 1. The summed E-state index contributed by atoms with van der Waals surface area (Å²) < 4.78 is 10.00. The first-order valence-corrected chi connectivity index (χ1v) is 5.04. The molecule has 1 aliphatic rings. The van der Waals surface area contributed by atoms with Crippen LogP contribution in [-0.4, -0.2) is 25.5 Å². The van der Waals surface area contributed by atoms with Gasteiger partial charge in [0.05, 0.1) is 7.11 Å². The van der Waals surface area contributed by atoms with Gasteiger partial charge in [0.2, 0.25) is 0 Å². The number of aliphatic imine (C=N–C) groups is 1. The molecule has 4 heteroatoms. The first-order valence-electron chi connectivity index (χ1n) is 5.04. The molecule has 0 aromatic heterocycles. The summed E-state index contributed by atoms with van der Waals surface area (Å²) in [5, 5.41) is 0. The Kier molecular flexibility index (Phi) is 2.90. The van der Waals surface area contributed by atoms with Crippen molar-refractivity contribution >= 4 is 12.4 Å². The molecule has 0 N–H and O–H groups in total. The van der Waals surface area contributed by atoms with Gasteiger partial charge in [-0.1, -0.05) is 29.8 Å². The molecule has 1 aliphatic heterocycles. The van der Waals surface area contributed by atoms with Gasteiger partial charge in [-0.3, -0.25) is 0 Å². The van der Waals surface area contributed by atoms with Crippen LogP contribution in [0.15, 0.2) is 29.3 Å². The van der Waals surface area contributed by atoms with Crippen molar-refractivity contribution in [2.75, 3.05) is 7.11 Å². The second kappa shape index (κ2) is 4.35. The number of esters is 1. The van der Waals surface area contributed by atoms with Gasteiger partial charge >= 0.3 is 5.97 Å². The Bertz CT molecular complexity index is 411. The molecule has 0 fully saturated rings. The number of hydrogen-bond donors (Lipinski definition) is 0. The lowest BCUT2D eigenvalue weighted by molar-refractivity contribution is -0.143.